The maximum Gasteiger partial charge on any atom is 0.319 e. The van der Waals surface area contributed by atoms with Crippen LogP contribution in [0.4, 0.5) is 10.5 Å². The lowest BCUT2D eigenvalue weighted by atomic mass is 9.95. The predicted molar refractivity (Wildman–Crippen MR) is 152 cm³/mol. The van der Waals surface area contributed by atoms with E-state index in [9.17, 15) is 9.59 Å². The zero-order valence-corrected chi connectivity index (χ0v) is 22.3. The summed E-state index contributed by atoms with van der Waals surface area (Å²) in [6.45, 7) is 0. The topological polar surface area (TPSA) is 95.1 Å². The molecule has 4 aromatic rings. The molecule has 4 aromatic carbocycles. The van der Waals surface area contributed by atoms with Crippen LogP contribution < -0.4 is 35.0 Å². The van der Waals surface area contributed by atoms with Gasteiger partial charge in [0.1, 0.15) is 0 Å². The van der Waals surface area contributed by atoms with Gasteiger partial charge in [-0.1, -0.05) is 42.5 Å². The highest BCUT2D eigenvalue weighted by Gasteiger charge is 2.30. The van der Waals surface area contributed by atoms with Crippen molar-refractivity contribution in [1.29, 1.82) is 0 Å². The number of aryl methyl sites for hydroxylation is 1. The lowest BCUT2D eigenvalue weighted by Crippen LogP contribution is -2.33. The number of urea groups is 1. The van der Waals surface area contributed by atoms with Crippen LogP contribution in [-0.2, 0) is 6.42 Å². The van der Waals surface area contributed by atoms with Crippen molar-refractivity contribution in [2.75, 3.05) is 33.8 Å². The van der Waals surface area contributed by atoms with E-state index in [4.69, 9.17) is 18.9 Å². The molecule has 8 heteroatoms. The third-order valence-corrected chi connectivity index (χ3v) is 7.06. The second-order valence-corrected chi connectivity index (χ2v) is 9.18. The average Bonchev–Trinajstić information content (AvgIpc) is 3.20. The van der Waals surface area contributed by atoms with E-state index in [1.165, 1.54) is 13.2 Å². The van der Waals surface area contributed by atoms with Crippen LogP contribution in [0.15, 0.2) is 71.5 Å². The molecule has 0 bridgehead atoms. The van der Waals surface area contributed by atoms with Crippen molar-refractivity contribution in [3.63, 3.8) is 0 Å². The van der Waals surface area contributed by atoms with Gasteiger partial charge in [-0.25, -0.2) is 4.79 Å². The number of hydrogen-bond acceptors (Lipinski definition) is 6. The number of methoxy groups -OCH3 is 4. The van der Waals surface area contributed by atoms with E-state index in [2.05, 4.69) is 10.6 Å². The minimum absolute atomic E-state index is 0.197. The van der Waals surface area contributed by atoms with E-state index in [0.29, 0.717) is 41.3 Å². The number of anilines is 1. The first kappa shape index (κ1) is 25.9. The van der Waals surface area contributed by atoms with Crippen LogP contribution in [0, 0.1) is 0 Å². The van der Waals surface area contributed by atoms with Crippen LogP contribution in [0.3, 0.4) is 0 Å². The van der Waals surface area contributed by atoms with Gasteiger partial charge in [-0.15, -0.1) is 0 Å². The number of amides is 2. The van der Waals surface area contributed by atoms with Crippen LogP contribution >= 0.6 is 0 Å². The van der Waals surface area contributed by atoms with Gasteiger partial charge in [-0.2, -0.15) is 0 Å². The van der Waals surface area contributed by atoms with Crippen LogP contribution in [0.25, 0.3) is 21.9 Å². The predicted octanol–water partition coefficient (Wildman–Crippen LogP) is 5.71. The summed E-state index contributed by atoms with van der Waals surface area (Å²) in [7, 11) is 6.15. The molecule has 2 N–H and O–H groups in total. The third-order valence-electron chi connectivity index (χ3n) is 7.06. The highest BCUT2D eigenvalue weighted by molar-refractivity contribution is 6.01. The quantitative estimate of drug-likeness (QED) is 0.334. The maximum absolute atomic E-state index is 13.3. The molecule has 0 saturated heterocycles. The van der Waals surface area contributed by atoms with E-state index >= 15 is 0 Å². The van der Waals surface area contributed by atoms with Gasteiger partial charge in [-0.05, 0) is 59.2 Å². The molecule has 0 radical (unpaired) electrons. The summed E-state index contributed by atoms with van der Waals surface area (Å²) < 4.78 is 22.4. The molecule has 0 aromatic heterocycles. The Morgan fingerprint density at radius 1 is 0.821 bits per heavy atom. The Labute approximate surface area is 226 Å². The van der Waals surface area contributed by atoms with Crippen molar-refractivity contribution < 1.29 is 23.7 Å². The standard InChI is InChI=1S/C31H30N2O6/c1-36-26-15-13-21-22(17-25(26)34)24(14-12-19-16-27(37-2)29(38-3)30(39-4)28(19)21)33-31(35)32-23-11-7-9-18-8-5-6-10-20(18)23/h5-11,13,15-17,24H,12,14H2,1-4H3,(H2,32,33,35)/t24-/m0/s1. The van der Waals surface area contributed by atoms with Gasteiger partial charge in [0.15, 0.2) is 17.2 Å². The first-order valence-electron chi connectivity index (χ1n) is 12.6. The second kappa shape index (κ2) is 10.9. The van der Waals surface area contributed by atoms with E-state index < -0.39 is 6.04 Å². The summed E-state index contributed by atoms with van der Waals surface area (Å²) in [5, 5.41) is 8.05. The molecule has 1 aliphatic rings. The number of rotatable bonds is 6. The SMILES string of the molecule is COc1cc2c(c(OC)c1OC)-c1ccc(OC)c(=O)cc1[C@@H](NC(=O)Nc1cccc3ccccc13)CC2. The summed E-state index contributed by atoms with van der Waals surface area (Å²) in [5.41, 5.74) is 3.52. The molecule has 0 unspecified atom stereocenters. The van der Waals surface area contributed by atoms with E-state index in [1.54, 1.807) is 27.4 Å². The number of carbonyl (C=O) groups excluding carboxylic acids is 1. The van der Waals surface area contributed by atoms with Gasteiger partial charge in [0.25, 0.3) is 0 Å². The largest absolute Gasteiger partial charge is 0.493 e. The van der Waals surface area contributed by atoms with Crippen molar-refractivity contribution in [2.45, 2.75) is 18.9 Å². The van der Waals surface area contributed by atoms with Crippen molar-refractivity contribution in [1.82, 2.24) is 5.32 Å². The molecule has 8 nitrogen and oxygen atoms in total. The Bertz CT molecular complexity index is 1610. The van der Waals surface area contributed by atoms with Crippen LogP contribution in [0.1, 0.15) is 23.6 Å². The van der Waals surface area contributed by atoms with Gasteiger partial charge in [-0.3, -0.25) is 4.79 Å². The van der Waals surface area contributed by atoms with Gasteiger partial charge in [0.05, 0.1) is 40.2 Å². The molecule has 200 valence electrons. The monoisotopic (exact) mass is 526 g/mol. The number of nitrogens with one attached hydrogen (secondary N) is 2. The smallest absolute Gasteiger partial charge is 0.319 e. The third kappa shape index (κ3) is 4.81. The Morgan fingerprint density at radius 3 is 2.31 bits per heavy atom. The summed E-state index contributed by atoms with van der Waals surface area (Å²) in [6.07, 6.45) is 1.13. The van der Waals surface area contributed by atoms with Gasteiger partial charge in [0, 0.05) is 10.9 Å². The molecule has 1 aliphatic carbocycles. The molecule has 2 amide bonds. The Hall–Kier alpha value is -4.72. The minimum Gasteiger partial charge on any atom is -0.493 e. The molecule has 0 saturated carbocycles. The molecule has 1 atom stereocenters. The lowest BCUT2D eigenvalue weighted by molar-refractivity contribution is 0.248. The van der Waals surface area contributed by atoms with E-state index in [0.717, 1.165) is 27.5 Å². The molecular formula is C31H30N2O6. The number of fused-ring (bicyclic) bond motifs is 4. The number of hydrogen-bond donors (Lipinski definition) is 2. The molecule has 5 rings (SSSR count). The highest BCUT2D eigenvalue weighted by atomic mass is 16.5. The fourth-order valence-electron chi connectivity index (χ4n) is 5.27. The first-order valence-corrected chi connectivity index (χ1v) is 12.6. The Morgan fingerprint density at radius 2 is 1.56 bits per heavy atom. The summed E-state index contributed by atoms with van der Waals surface area (Å²) >= 11 is 0. The molecule has 0 aliphatic heterocycles. The highest BCUT2D eigenvalue weighted by Crippen LogP contribution is 2.50. The average molecular weight is 527 g/mol. The maximum atomic E-state index is 13.3. The summed E-state index contributed by atoms with van der Waals surface area (Å²) in [5.74, 6) is 1.68. The van der Waals surface area contributed by atoms with Crippen molar-refractivity contribution in [3.05, 3.63) is 88.1 Å². The number of ether oxygens (including phenoxy) is 4. The first-order chi connectivity index (χ1) is 19.0. The molecule has 0 spiro atoms. The fraction of sp³-hybridized carbons (Fsp3) is 0.226. The molecule has 0 fully saturated rings. The molecule has 0 heterocycles. The van der Waals surface area contributed by atoms with E-state index in [-0.39, 0.29) is 17.2 Å². The zero-order chi connectivity index (χ0) is 27.5. The molecular weight excluding hydrogens is 496 g/mol. The summed E-state index contributed by atoms with van der Waals surface area (Å²) in [4.78, 5) is 26.4. The van der Waals surface area contributed by atoms with Crippen molar-refractivity contribution in [2.24, 2.45) is 0 Å². The molecule has 39 heavy (non-hydrogen) atoms. The van der Waals surface area contributed by atoms with E-state index in [1.807, 2.05) is 54.6 Å². The Kier molecular flexibility index (Phi) is 7.27. The van der Waals surface area contributed by atoms with Crippen molar-refractivity contribution in [3.8, 4) is 34.1 Å². The minimum atomic E-state index is -0.478. The van der Waals surface area contributed by atoms with Gasteiger partial charge >= 0.3 is 6.03 Å². The number of carbonyl (C=O) groups is 1. The fourth-order valence-corrected chi connectivity index (χ4v) is 5.27. The van der Waals surface area contributed by atoms with Gasteiger partial charge in [0.2, 0.25) is 11.2 Å². The van der Waals surface area contributed by atoms with Crippen molar-refractivity contribution >= 4 is 22.5 Å². The van der Waals surface area contributed by atoms with Crippen LogP contribution in [-0.4, -0.2) is 34.5 Å². The lowest BCUT2D eigenvalue weighted by Gasteiger charge is -2.20. The van der Waals surface area contributed by atoms with Crippen LogP contribution in [0.2, 0.25) is 0 Å². The van der Waals surface area contributed by atoms with Gasteiger partial charge < -0.3 is 29.6 Å². The van der Waals surface area contributed by atoms with Crippen LogP contribution in [0.5, 0.6) is 23.0 Å². The second-order valence-electron chi connectivity index (χ2n) is 9.18. The number of benzene rings is 3. The zero-order valence-electron chi connectivity index (χ0n) is 22.3. The Balaban J connectivity index is 1.61. The summed E-state index contributed by atoms with van der Waals surface area (Å²) in [6, 6.07) is 19.7. The normalized spacial score (nSPS) is 13.9.